The Labute approximate surface area is 318 Å². The standard InChI is InChI=1S/C42H36N4O3S3/c1-30-29-33(46(26-4-25-43)27-28-48-42(47)31-5-2-3-6-31)9-24-41(30)45-44-32-7-10-34(11-8-32)49-35-12-16-37(17-13-35)51-39-20-22-40(23-21-39)52-38-18-14-36(50)15-19-38/h2,5-24,29,50H,3-4,26-28H2,1H3. The fourth-order valence-electron chi connectivity index (χ4n) is 5.21. The van der Waals surface area contributed by atoms with Crippen LogP contribution in [0.25, 0.3) is 0 Å². The number of ether oxygens (including phenoxy) is 2. The van der Waals surface area contributed by atoms with Crippen molar-refractivity contribution >= 4 is 59.2 Å². The summed E-state index contributed by atoms with van der Waals surface area (Å²) in [6.07, 6.45) is 6.66. The van der Waals surface area contributed by atoms with Crippen LogP contribution in [-0.4, -0.2) is 25.7 Å². The van der Waals surface area contributed by atoms with Crippen LogP contribution in [0.2, 0.25) is 0 Å². The summed E-state index contributed by atoms with van der Waals surface area (Å²) in [5.41, 5.74) is 3.89. The van der Waals surface area contributed by atoms with Gasteiger partial charge in [0.15, 0.2) is 0 Å². The molecule has 0 N–H and O–H groups in total. The Balaban J connectivity index is 0.991. The lowest BCUT2D eigenvalue weighted by atomic mass is 10.1. The van der Waals surface area contributed by atoms with Crippen molar-refractivity contribution in [1.82, 2.24) is 0 Å². The summed E-state index contributed by atoms with van der Waals surface area (Å²) in [6, 6.07) is 40.3. The second-order valence-corrected chi connectivity index (χ2v) is 14.5. The number of nitrogens with zero attached hydrogens (tertiary/aromatic N) is 4. The third-order valence-electron chi connectivity index (χ3n) is 7.94. The molecule has 0 saturated carbocycles. The molecule has 0 amide bonds. The van der Waals surface area contributed by atoms with Gasteiger partial charge in [-0.2, -0.15) is 15.5 Å². The second kappa shape index (κ2) is 18.3. The summed E-state index contributed by atoms with van der Waals surface area (Å²) in [5.74, 6) is 1.13. The molecule has 0 spiro atoms. The predicted molar refractivity (Wildman–Crippen MR) is 212 cm³/mol. The molecular weight excluding hydrogens is 705 g/mol. The zero-order valence-electron chi connectivity index (χ0n) is 28.5. The number of hydrogen-bond donors (Lipinski definition) is 1. The van der Waals surface area contributed by atoms with Crippen molar-refractivity contribution < 1.29 is 14.3 Å². The van der Waals surface area contributed by atoms with E-state index in [9.17, 15) is 4.79 Å². The fourth-order valence-corrected chi connectivity index (χ4v) is 6.99. The van der Waals surface area contributed by atoms with Crippen LogP contribution >= 0.6 is 36.2 Å². The van der Waals surface area contributed by atoms with E-state index in [-0.39, 0.29) is 12.6 Å². The molecule has 1 aliphatic rings. The van der Waals surface area contributed by atoms with Gasteiger partial charge in [0, 0.05) is 36.7 Å². The molecule has 0 aliphatic heterocycles. The molecule has 5 aromatic rings. The summed E-state index contributed by atoms with van der Waals surface area (Å²) in [5, 5.41) is 18.1. The number of anilines is 1. The Kier molecular flexibility index (Phi) is 12.9. The number of carbonyl (C=O) groups excluding carboxylic acids is 1. The SMILES string of the molecule is Cc1cc(N(CCC#N)CCOC(=O)C2=CCC=C2)ccc1N=Nc1ccc(Oc2ccc(Sc3ccc(Sc4ccc(S)cc4)cc3)cc2)cc1. The van der Waals surface area contributed by atoms with Crippen molar-refractivity contribution in [2.75, 3.05) is 24.6 Å². The van der Waals surface area contributed by atoms with Crippen molar-refractivity contribution in [2.45, 2.75) is 44.2 Å². The molecule has 0 unspecified atom stereocenters. The Morgan fingerprint density at radius 3 is 1.98 bits per heavy atom. The maximum Gasteiger partial charge on any atom is 0.337 e. The van der Waals surface area contributed by atoms with E-state index in [1.54, 1.807) is 29.6 Å². The van der Waals surface area contributed by atoms with E-state index in [2.05, 4.69) is 77.5 Å². The Bertz CT molecular complexity index is 2110. The lowest BCUT2D eigenvalue weighted by molar-refractivity contribution is -0.138. The van der Waals surface area contributed by atoms with Gasteiger partial charge in [-0.25, -0.2) is 4.79 Å². The van der Waals surface area contributed by atoms with Gasteiger partial charge in [-0.1, -0.05) is 41.8 Å². The molecule has 0 atom stereocenters. The first-order valence-corrected chi connectivity index (χ1v) is 18.8. The van der Waals surface area contributed by atoms with Crippen molar-refractivity contribution in [3.05, 3.63) is 145 Å². The van der Waals surface area contributed by atoms with Gasteiger partial charge < -0.3 is 14.4 Å². The maximum absolute atomic E-state index is 12.2. The number of azo groups is 1. The minimum atomic E-state index is -0.324. The summed E-state index contributed by atoms with van der Waals surface area (Å²) in [4.78, 5) is 19.9. The topological polar surface area (TPSA) is 87.3 Å². The van der Waals surface area contributed by atoms with Crippen molar-refractivity contribution in [3.63, 3.8) is 0 Å². The fraction of sp³-hybridized carbons (Fsp3) is 0.143. The first-order valence-electron chi connectivity index (χ1n) is 16.7. The highest BCUT2D eigenvalue weighted by Crippen LogP contribution is 2.34. The predicted octanol–water partition coefficient (Wildman–Crippen LogP) is 11.9. The van der Waals surface area contributed by atoms with Gasteiger partial charge in [0.25, 0.3) is 0 Å². The molecule has 52 heavy (non-hydrogen) atoms. The van der Waals surface area contributed by atoms with Gasteiger partial charge in [0.05, 0.1) is 36.0 Å². The molecule has 0 radical (unpaired) electrons. The normalized spacial score (nSPS) is 12.1. The van der Waals surface area contributed by atoms with Crippen molar-refractivity contribution in [2.24, 2.45) is 10.2 Å². The van der Waals surface area contributed by atoms with Crippen LogP contribution in [0.4, 0.5) is 17.1 Å². The molecule has 0 aromatic heterocycles. The third-order valence-corrected chi connectivity index (χ3v) is 10.3. The second-order valence-electron chi connectivity index (χ2n) is 11.7. The number of allylic oxidation sites excluding steroid dienone is 2. The Morgan fingerprint density at radius 1 is 0.808 bits per heavy atom. The molecule has 6 rings (SSSR count). The van der Waals surface area contributed by atoms with Gasteiger partial charge >= 0.3 is 5.97 Å². The summed E-state index contributed by atoms with van der Waals surface area (Å²) < 4.78 is 11.5. The number of esters is 1. The lowest BCUT2D eigenvalue weighted by Gasteiger charge is -2.24. The average Bonchev–Trinajstić information content (AvgIpc) is 3.71. The van der Waals surface area contributed by atoms with E-state index >= 15 is 0 Å². The summed E-state index contributed by atoms with van der Waals surface area (Å²) >= 11 is 7.80. The molecule has 260 valence electrons. The number of hydrogen-bond acceptors (Lipinski definition) is 10. The summed E-state index contributed by atoms with van der Waals surface area (Å²) in [7, 11) is 0. The number of benzene rings is 5. The van der Waals surface area contributed by atoms with Gasteiger partial charge in [-0.3, -0.25) is 0 Å². The summed E-state index contributed by atoms with van der Waals surface area (Å²) in [6.45, 7) is 3.20. The zero-order chi connectivity index (χ0) is 36.1. The van der Waals surface area contributed by atoms with E-state index in [0.29, 0.717) is 36.5 Å². The van der Waals surface area contributed by atoms with E-state index in [1.807, 2.05) is 90.7 Å². The first-order chi connectivity index (χ1) is 25.4. The number of rotatable bonds is 15. The van der Waals surface area contributed by atoms with Crippen molar-refractivity contribution in [1.29, 1.82) is 5.26 Å². The van der Waals surface area contributed by atoms with E-state index in [4.69, 9.17) is 14.7 Å². The molecule has 7 nitrogen and oxygen atoms in total. The molecule has 1 aliphatic carbocycles. The number of nitriles is 1. The highest BCUT2D eigenvalue weighted by molar-refractivity contribution is 7.99. The Hall–Kier alpha value is -5.21. The Morgan fingerprint density at radius 2 is 1.40 bits per heavy atom. The van der Waals surface area contributed by atoms with Crippen LogP contribution in [0.3, 0.4) is 0 Å². The molecule has 10 heteroatoms. The van der Waals surface area contributed by atoms with Gasteiger partial charge in [-0.15, -0.1) is 12.6 Å². The minimum Gasteiger partial charge on any atom is -0.460 e. The third kappa shape index (κ3) is 10.7. The van der Waals surface area contributed by atoms with Gasteiger partial charge in [0.2, 0.25) is 0 Å². The molecule has 5 aromatic carbocycles. The van der Waals surface area contributed by atoms with Crippen LogP contribution in [0.15, 0.2) is 174 Å². The van der Waals surface area contributed by atoms with Gasteiger partial charge in [0.1, 0.15) is 18.1 Å². The van der Waals surface area contributed by atoms with E-state index < -0.39 is 0 Å². The molecule has 0 saturated heterocycles. The first kappa shape index (κ1) is 36.6. The van der Waals surface area contributed by atoms with Crippen LogP contribution in [-0.2, 0) is 9.53 Å². The number of thiol groups is 1. The van der Waals surface area contributed by atoms with Crippen LogP contribution in [0.5, 0.6) is 11.5 Å². The van der Waals surface area contributed by atoms with E-state index in [0.717, 1.165) is 38.9 Å². The molecule has 0 fully saturated rings. The number of aryl methyl sites for hydroxylation is 1. The maximum atomic E-state index is 12.2. The highest BCUT2D eigenvalue weighted by atomic mass is 32.2. The molecule has 0 bridgehead atoms. The highest BCUT2D eigenvalue weighted by Gasteiger charge is 2.13. The lowest BCUT2D eigenvalue weighted by Crippen LogP contribution is -2.29. The van der Waals surface area contributed by atoms with Crippen LogP contribution in [0.1, 0.15) is 18.4 Å². The number of carbonyl (C=O) groups is 1. The molecule has 0 heterocycles. The van der Waals surface area contributed by atoms with Crippen molar-refractivity contribution in [3.8, 4) is 17.6 Å². The average molecular weight is 741 g/mol. The zero-order valence-corrected chi connectivity index (χ0v) is 31.0. The minimum absolute atomic E-state index is 0.225. The smallest absolute Gasteiger partial charge is 0.337 e. The quantitative estimate of drug-likeness (QED) is 0.0649. The van der Waals surface area contributed by atoms with Crippen LogP contribution in [0, 0.1) is 18.3 Å². The van der Waals surface area contributed by atoms with Gasteiger partial charge in [-0.05, 0) is 134 Å². The van der Waals surface area contributed by atoms with E-state index in [1.165, 1.54) is 14.7 Å². The molecular formula is C42H36N4O3S3. The van der Waals surface area contributed by atoms with Crippen LogP contribution < -0.4 is 9.64 Å². The monoisotopic (exact) mass is 740 g/mol. The largest absolute Gasteiger partial charge is 0.460 e.